The Kier molecular flexibility index (Phi) is 7.04. The summed E-state index contributed by atoms with van der Waals surface area (Å²) in [6.45, 7) is 0. The number of carboxylic acid groups (broad SMARTS) is 2. The summed E-state index contributed by atoms with van der Waals surface area (Å²) < 4.78 is 0. The van der Waals surface area contributed by atoms with Crippen molar-refractivity contribution in [3.8, 4) is 11.8 Å². The number of nitrogens with zero attached hydrogens (tertiary/aromatic N) is 2. The molecule has 0 aliphatic heterocycles. The number of carbonyl (C=O) groups excluding carboxylic acids is 1. The number of rotatable bonds is 8. The van der Waals surface area contributed by atoms with Crippen molar-refractivity contribution in [3.05, 3.63) is 51.7 Å². The number of hydrogen-bond acceptors (Lipinski definition) is 7. The van der Waals surface area contributed by atoms with Crippen molar-refractivity contribution in [3.63, 3.8) is 0 Å². The molecule has 1 atom stereocenters. The molecule has 12 nitrogen and oxygen atoms in total. The lowest BCUT2D eigenvalue weighted by atomic mass is 10.1. The molecule has 0 aliphatic rings. The van der Waals surface area contributed by atoms with E-state index in [4.69, 9.17) is 15.9 Å². The van der Waals surface area contributed by atoms with E-state index in [9.17, 15) is 19.2 Å². The number of hydrogen-bond donors (Lipinski definition) is 6. The number of pyridine rings is 1. The maximum absolute atomic E-state index is 12.3. The van der Waals surface area contributed by atoms with Gasteiger partial charge in [-0.1, -0.05) is 12.0 Å². The largest absolute Gasteiger partial charge is 0.481 e. The fraction of sp³-hybridized carbons (Fsp3) is 0.238. The summed E-state index contributed by atoms with van der Waals surface area (Å²) in [5.74, 6) is 2.53. The lowest BCUT2D eigenvalue weighted by Gasteiger charge is -2.13. The topological polar surface area (TPSA) is 204 Å². The highest BCUT2D eigenvalue weighted by Gasteiger charge is 2.22. The number of fused-ring (bicyclic) bond motifs is 1. The lowest BCUT2D eigenvalue weighted by Crippen LogP contribution is -2.41. The van der Waals surface area contributed by atoms with Crippen molar-refractivity contribution in [2.24, 2.45) is 0 Å². The van der Waals surface area contributed by atoms with Crippen molar-refractivity contribution < 1.29 is 24.6 Å². The quantitative estimate of drug-likeness (QED) is 0.259. The van der Waals surface area contributed by atoms with Gasteiger partial charge in [0.25, 0.3) is 11.5 Å². The fourth-order valence-corrected chi connectivity index (χ4v) is 2.96. The van der Waals surface area contributed by atoms with Crippen LogP contribution in [0.1, 0.15) is 41.1 Å². The molecule has 0 aliphatic carbocycles. The SMILES string of the molecule is Nc1nc2[nH]c(CCC#Cc3cccc(C(=O)N[C@@H](CCC(=O)O)C(=O)O)n3)cc2c(=O)[nH]1. The van der Waals surface area contributed by atoms with Gasteiger partial charge in [-0.25, -0.2) is 9.78 Å². The number of aromatic nitrogens is 4. The van der Waals surface area contributed by atoms with Crippen molar-refractivity contribution in [2.75, 3.05) is 5.73 Å². The maximum atomic E-state index is 12.3. The van der Waals surface area contributed by atoms with Crippen molar-refractivity contribution >= 4 is 34.8 Å². The van der Waals surface area contributed by atoms with Gasteiger partial charge in [-0.2, -0.15) is 4.98 Å². The van der Waals surface area contributed by atoms with Crippen LogP contribution in [0.5, 0.6) is 0 Å². The van der Waals surface area contributed by atoms with Crippen LogP contribution in [0.25, 0.3) is 11.0 Å². The Morgan fingerprint density at radius 2 is 1.97 bits per heavy atom. The highest BCUT2D eigenvalue weighted by molar-refractivity contribution is 5.95. The van der Waals surface area contributed by atoms with Gasteiger partial charge in [0.1, 0.15) is 23.1 Å². The molecule has 3 heterocycles. The summed E-state index contributed by atoms with van der Waals surface area (Å²) in [4.78, 5) is 59.7. The van der Waals surface area contributed by atoms with Crippen LogP contribution in [-0.4, -0.2) is 54.0 Å². The molecule has 1 amide bonds. The van der Waals surface area contributed by atoms with E-state index in [2.05, 4.69) is 37.1 Å². The van der Waals surface area contributed by atoms with Gasteiger partial charge in [-0.3, -0.25) is 19.4 Å². The third-order valence-corrected chi connectivity index (χ3v) is 4.54. The van der Waals surface area contributed by atoms with Crippen LogP contribution in [0.2, 0.25) is 0 Å². The summed E-state index contributed by atoms with van der Waals surface area (Å²) in [7, 11) is 0. The molecule has 0 aromatic carbocycles. The van der Waals surface area contributed by atoms with Gasteiger partial charge in [-0.15, -0.1) is 0 Å². The van der Waals surface area contributed by atoms with Crippen LogP contribution in [0.3, 0.4) is 0 Å². The predicted octanol–water partition coefficient (Wildman–Crippen LogP) is 0.260. The summed E-state index contributed by atoms with van der Waals surface area (Å²) in [6, 6.07) is 4.88. The molecule has 3 aromatic heterocycles. The molecule has 3 rings (SSSR count). The van der Waals surface area contributed by atoms with Gasteiger partial charge in [0.15, 0.2) is 0 Å². The molecule has 33 heavy (non-hydrogen) atoms. The average molecular weight is 452 g/mol. The molecule has 0 saturated heterocycles. The first kappa shape index (κ1) is 23.0. The molecular formula is C21H20N6O6. The first-order valence-corrected chi connectivity index (χ1v) is 9.81. The maximum Gasteiger partial charge on any atom is 0.326 e. The molecule has 0 bridgehead atoms. The molecular weight excluding hydrogens is 432 g/mol. The van der Waals surface area contributed by atoms with Crippen molar-refractivity contribution in [2.45, 2.75) is 31.7 Å². The molecule has 0 unspecified atom stereocenters. The number of aromatic amines is 2. The number of anilines is 1. The molecule has 12 heteroatoms. The van der Waals surface area contributed by atoms with E-state index >= 15 is 0 Å². The number of aryl methyl sites for hydroxylation is 1. The number of carboxylic acids is 2. The van der Waals surface area contributed by atoms with Crippen LogP contribution in [-0.2, 0) is 16.0 Å². The highest BCUT2D eigenvalue weighted by Crippen LogP contribution is 2.11. The molecule has 170 valence electrons. The Hall–Kier alpha value is -4.66. The monoisotopic (exact) mass is 452 g/mol. The Balaban J connectivity index is 1.63. The number of aliphatic carboxylic acids is 2. The van der Waals surface area contributed by atoms with E-state index < -0.39 is 30.3 Å². The fourth-order valence-electron chi connectivity index (χ4n) is 2.96. The van der Waals surface area contributed by atoms with E-state index in [1.165, 1.54) is 6.07 Å². The Labute approximate surface area is 186 Å². The number of nitrogen functional groups attached to an aromatic ring is 1. The van der Waals surface area contributed by atoms with Gasteiger partial charge in [0, 0.05) is 18.5 Å². The minimum Gasteiger partial charge on any atom is -0.481 e. The summed E-state index contributed by atoms with van der Waals surface area (Å²) >= 11 is 0. The van der Waals surface area contributed by atoms with E-state index in [0.29, 0.717) is 29.6 Å². The van der Waals surface area contributed by atoms with Crippen molar-refractivity contribution in [1.82, 2.24) is 25.3 Å². The van der Waals surface area contributed by atoms with E-state index in [-0.39, 0.29) is 23.6 Å². The van der Waals surface area contributed by atoms with Crippen LogP contribution in [0.4, 0.5) is 5.95 Å². The molecule has 0 radical (unpaired) electrons. The normalized spacial score (nSPS) is 11.4. The minimum absolute atomic E-state index is 0.0206. The number of carbonyl (C=O) groups is 3. The third-order valence-electron chi connectivity index (χ3n) is 4.54. The first-order chi connectivity index (χ1) is 15.7. The molecule has 7 N–H and O–H groups in total. The van der Waals surface area contributed by atoms with Crippen LogP contribution < -0.4 is 16.6 Å². The van der Waals surface area contributed by atoms with Gasteiger partial charge in [-0.05, 0) is 37.0 Å². The van der Waals surface area contributed by atoms with E-state index in [0.717, 1.165) is 5.69 Å². The Morgan fingerprint density at radius 1 is 1.18 bits per heavy atom. The van der Waals surface area contributed by atoms with Crippen LogP contribution in [0.15, 0.2) is 29.1 Å². The van der Waals surface area contributed by atoms with Gasteiger partial charge in [0.2, 0.25) is 5.95 Å². The second-order valence-corrected chi connectivity index (χ2v) is 7.01. The standard InChI is InChI=1S/C21H20N6O6/c22-21-26-17-13(18(30)27-21)10-12(24-17)5-2-1-4-11-6-3-7-14(23-11)19(31)25-15(20(32)33)8-9-16(28)29/h3,6-7,10,15H,2,5,8-9H2,(H,25,31)(H,28,29)(H,32,33)(H4,22,24,26,27,30)/t15-/m0/s1. The molecule has 0 saturated carbocycles. The second-order valence-electron chi connectivity index (χ2n) is 7.01. The van der Waals surface area contributed by atoms with E-state index in [1.54, 1.807) is 18.2 Å². The zero-order valence-corrected chi connectivity index (χ0v) is 17.2. The van der Waals surface area contributed by atoms with Crippen LogP contribution >= 0.6 is 0 Å². The Bertz CT molecular complexity index is 1330. The van der Waals surface area contributed by atoms with Crippen LogP contribution in [0, 0.1) is 11.8 Å². The molecule has 0 spiro atoms. The summed E-state index contributed by atoms with van der Waals surface area (Å²) in [6.07, 6.45) is 0.281. The summed E-state index contributed by atoms with van der Waals surface area (Å²) in [5.41, 5.74) is 6.60. The molecule has 3 aromatic rings. The highest BCUT2D eigenvalue weighted by atomic mass is 16.4. The number of nitrogens with two attached hydrogens (primary N) is 1. The predicted molar refractivity (Wildman–Crippen MR) is 116 cm³/mol. The Morgan fingerprint density at radius 3 is 2.70 bits per heavy atom. The summed E-state index contributed by atoms with van der Waals surface area (Å²) in [5, 5.41) is 20.5. The van der Waals surface area contributed by atoms with Gasteiger partial charge < -0.3 is 26.2 Å². The number of nitrogens with one attached hydrogen (secondary N) is 3. The van der Waals surface area contributed by atoms with E-state index in [1.807, 2.05) is 0 Å². The zero-order valence-electron chi connectivity index (χ0n) is 17.2. The number of amides is 1. The average Bonchev–Trinajstić information content (AvgIpc) is 3.17. The second kappa shape index (κ2) is 10.1. The first-order valence-electron chi connectivity index (χ1n) is 9.81. The van der Waals surface area contributed by atoms with Gasteiger partial charge >= 0.3 is 11.9 Å². The molecule has 0 fully saturated rings. The lowest BCUT2D eigenvalue weighted by molar-refractivity contribution is -0.140. The minimum atomic E-state index is -1.35. The zero-order chi connectivity index (χ0) is 24.0. The third kappa shape index (κ3) is 6.17. The van der Waals surface area contributed by atoms with Crippen molar-refractivity contribution in [1.29, 1.82) is 0 Å². The van der Waals surface area contributed by atoms with Gasteiger partial charge in [0.05, 0.1) is 5.39 Å². The smallest absolute Gasteiger partial charge is 0.326 e. The number of H-pyrrole nitrogens is 2.